The van der Waals surface area contributed by atoms with E-state index in [2.05, 4.69) is 9.98 Å². The predicted molar refractivity (Wildman–Crippen MR) is 89.5 cm³/mol. The number of allylic oxidation sites excluding steroid dienone is 2. The molecule has 1 N–H and O–H groups in total. The van der Waals surface area contributed by atoms with Crippen LogP contribution in [-0.4, -0.2) is 22.1 Å². The Morgan fingerprint density at radius 2 is 1.91 bits per heavy atom. The van der Waals surface area contributed by atoms with Gasteiger partial charge in [-0.15, -0.1) is 0 Å². The molecule has 0 saturated carbocycles. The van der Waals surface area contributed by atoms with Crippen LogP contribution in [0.5, 0.6) is 0 Å². The molecule has 0 amide bonds. The molecule has 116 valence electrons. The SMILES string of the molecule is O=C1CC(c2ccccc2)CC(O)=C1C=NCc1ccccn1. The molecule has 1 aliphatic rings. The number of rotatable bonds is 4. The van der Waals surface area contributed by atoms with Crippen molar-refractivity contribution in [3.05, 3.63) is 77.3 Å². The summed E-state index contributed by atoms with van der Waals surface area (Å²) in [5, 5.41) is 10.2. The first-order valence-electron chi connectivity index (χ1n) is 7.64. The largest absolute Gasteiger partial charge is 0.511 e. The number of Topliss-reactive ketones (excluding diaryl/α,β-unsaturated/α-hetero) is 1. The lowest BCUT2D eigenvalue weighted by Crippen LogP contribution is -2.19. The average molecular weight is 306 g/mol. The molecule has 0 bridgehead atoms. The van der Waals surface area contributed by atoms with Crippen LogP contribution in [0.3, 0.4) is 0 Å². The van der Waals surface area contributed by atoms with Crippen LogP contribution >= 0.6 is 0 Å². The fourth-order valence-electron chi connectivity index (χ4n) is 2.74. The number of benzene rings is 1. The summed E-state index contributed by atoms with van der Waals surface area (Å²) in [7, 11) is 0. The Morgan fingerprint density at radius 3 is 2.61 bits per heavy atom. The van der Waals surface area contributed by atoms with E-state index >= 15 is 0 Å². The van der Waals surface area contributed by atoms with Crippen molar-refractivity contribution in [2.75, 3.05) is 0 Å². The van der Waals surface area contributed by atoms with Crippen LogP contribution in [0.25, 0.3) is 0 Å². The standard InChI is InChI=1S/C19H18N2O2/c22-18-10-15(14-6-2-1-3-7-14)11-19(23)17(18)13-20-12-16-8-4-5-9-21-16/h1-9,13,15,22H,10-12H2. The summed E-state index contributed by atoms with van der Waals surface area (Å²) in [4.78, 5) is 20.7. The van der Waals surface area contributed by atoms with E-state index in [0.29, 0.717) is 25.0 Å². The van der Waals surface area contributed by atoms with Crippen molar-refractivity contribution >= 4 is 12.0 Å². The van der Waals surface area contributed by atoms with Crippen LogP contribution in [0.1, 0.15) is 30.0 Å². The number of aliphatic hydroxyl groups excluding tert-OH is 1. The lowest BCUT2D eigenvalue weighted by molar-refractivity contribution is -0.116. The summed E-state index contributed by atoms with van der Waals surface area (Å²) in [6.45, 7) is 0.396. The second-order valence-electron chi connectivity index (χ2n) is 5.59. The molecule has 2 aromatic rings. The minimum atomic E-state index is -0.0626. The summed E-state index contributed by atoms with van der Waals surface area (Å²) in [5.74, 6) is 0.101. The van der Waals surface area contributed by atoms with Crippen LogP contribution in [-0.2, 0) is 11.3 Å². The van der Waals surface area contributed by atoms with Gasteiger partial charge in [0.1, 0.15) is 5.76 Å². The molecular weight excluding hydrogens is 288 g/mol. The molecule has 3 rings (SSSR count). The maximum Gasteiger partial charge on any atom is 0.168 e. The van der Waals surface area contributed by atoms with Crippen LogP contribution < -0.4 is 0 Å². The molecule has 0 fully saturated rings. The van der Waals surface area contributed by atoms with Gasteiger partial charge in [0.2, 0.25) is 0 Å². The summed E-state index contributed by atoms with van der Waals surface area (Å²) < 4.78 is 0. The average Bonchev–Trinajstić information content (AvgIpc) is 2.59. The van der Waals surface area contributed by atoms with E-state index in [1.54, 1.807) is 6.20 Å². The van der Waals surface area contributed by atoms with Gasteiger partial charge in [-0.2, -0.15) is 0 Å². The Labute approximate surface area is 135 Å². The van der Waals surface area contributed by atoms with Gasteiger partial charge in [-0.05, 0) is 23.6 Å². The Bertz CT molecular complexity index is 736. The minimum absolute atomic E-state index is 0.0386. The second-order valence-corrected chi connectivity index (χ2v) is 5.59. The van der Waals surface area contributed by atoms with Gasteiger partial charge in [0.15, 0.2) is 5.78 Å². The number of aliphatic imine (C=N–C) groups is 1. The number of aliphatic hydroxyl groups is 1. The molecular formula is C19H18N2O2. The molecule has 1 atom stereocenters. The molecule has 23 heavy (non-hydrogen) atoms. The Morgan fingerprint density at radius 1 is 1.13 bits per heavy atom. The number of carbonyl (C=O) groups excluding carboxylic acids is 1. The van der Waals surface area contributed by atoms with E-state index in [4.69, 9.17) is 0 Å². The topological polar surface area (TPSA) is 62.5 Å². The van der Waals surface area contributed by atoms with Crippen molar-refractivity contribution in [1.29, 1.82) is 0 Å². The number of hydrogen-bond acceptors (Lipinski definition) is 4. The highest BCUT2D eigenvalue weighted by Gasteiger charge is 2.27. The minimum Gasteiger partial charge on any atom is -0.511 e. The quantitative estimate of drug-likeness (QED) is 0.878. The number of carbonyl (C=O) groups is 1. The molecule has 0 radical (unpaired) electrons. The first-order chi connectivity index (χ1) is 11.2. The molecule has 1 aromatic heterocycles. The molecule has 4 nitrogen and oxygen atoms in total. The highest BCUT2D eigenvalue weighted by molar-refractivity contribution is 6.14. The van der Waals surface area contributed by atoms with Crippen molar-refractivity contribution in [1.82, 2.24) is 4.98 Å². The van der Waals surface area contributed by atoms with Gasteiger partial charge in [-0.1, -0.05) is 36.4 Å². The van der Waals surface area contributed by atoms with Crippen molar-refractivity contribution in [3.63, 3.8) is 0 Å². The van der Waals surface area contributed by atoms with Gasteiger partial charge in [-0.25, -0.2) is 0 Å². The summed E-state index contributed by atoms with van der Waals surface area (Å²) in [6, 6.07) is 15.4. The molecule has 1 unspecified atom stereocenters. The number of pyridine rings is 1. The van der Waals surface area contributed by atoms with Gasteiger partial charge in [0.25, 0.3) is 0 Å². The molecule has 1 heterocycles. The maximum atomic E-state index is 12.3. The van der Waals surface area contributed by atoms with Crippen molar-refractivity contribution in [3.8, 4) is 0 Å². The monoisotopic (exact) mass is 306 g/mol. The summed E-state index contributed by atoms with van der Waals surface area (Å²) in [5.41, 5.74) is 2.24. The van der Waals surface area contributed by atoms with E-state index in [0.717, 1.165) is 11.3 Å². The summed E-state index contributed by atoms with van der Waals surface area (Å²) in [6.07, 6.45) is 4.06. The number of nitrogens with zero attached hydrogens (tertiary/aromatic N) is 2. The van der Waals surface area contributed by atoms with E-state index in [1.165, 1.54) is 6.21 Å². The Balaban J connectivity index is 1.71. The van der Waals surface area contributed by atoms with Crippen LogP contribution in [0.4, 0.5) is 0 Å². The fourth-order valence-corrected chi connectivity index (χ4v) is 2.74. The summed E-state index contributed by atoms with van der Waals surface area (Å²) >= 11 is 0. The predicted octanol–water partition coefficient (Wildman–Crippen LogP) is 3.61. The van der Waals surface area contributed by atoms with Crippen molar-refractivity contribution in [2.45, 2.75) is 25.3 Å². The van der Waals surface area contributed by atoms with Crippen LogP contribution in [0.2, 0.25) is 0 Å². The van der Waals surface area contributed by atoms with Gasteiger partial charge in [0.05, 0.1) is 17.8 Å². The van der Waals surface area contributed by atoms with Gasteiger partial charge in [-0.3, -0.25) is 14.8 Å². The van der Waals surface area contributed by atoms with Gasteiger partial charge < -0.3 is 5.11 Å². The number of ketones is 1. The van der Waals surface area contributed by atoms with Crippen LogP contribution in [0.15, 0.2) is 71.1 Å². The molecule has 4 heteroatoms. The van der Waals surface area contributed by atoms with Crippen LogP contribution in [0, 0.1) is 0 Å². The zero-order valence-corrected chi connectivity index (χ0v) is 12.7. The molecule has 0 spiro atoms. The molecule has 0 aliphatic heterocycles. The van der Waals surface area contributed by atoms with Crippen molar-refractivity contribution < 1.29 is 9.90 Å². The third-order valence-corrected chi connectivity index (χ3v) is 3.95. The third kappa shape index (κ3) is 3.72. The first-order valence-corrected chi connectivity index (χ1v) is 7.64. The lowest BCUT2D eigenvalue weighted by atomic mass is 9.83. The van der Waals surface area contributed by atoms with Gasteiger partial charge >= 0.3 is 0 Å². The smallest absolute Gasteiger partial charge is 0.168 e. The van der Waals surface area contributed by atoms with E-state index in [-0.39, 0.29) is 17.5 Å². The lowest BCUT2D eigenvalue weighted by Gasteiger charge is -2.22. The fraction of sp³-hybridized carbons (Fsp3) is 0.211. The highest BCUT2D eigenvalue weighted by Crippen LogP contribution is 2.32. The van der Waals surface area contributed by atoms with E-state index in [1.807, 2.05) is 48.5 Å². The van der Waals surface area contributed by atoms with Crippen molar-refractivity contribution in [2.24, 2.45) is 4.99 Å². The Kier molecular flexibility index (Phi) is 4.62. The molecule has 1 aromatic carbocycles. The normalized spacial score (nSPS) is 18.6. The molecule has 0 saturated heterocycles. The third-order valence-electron chi connectivity index (χ3n) is 3.95. The Hall–Kier alpha value is -2.75. The zero-order chi connectivity index (χ0) is 16.1. The maximum absolute atomic E-state index is 12.3. The molecule has 1 aliphatic carbocycles. The zero-order valence-electron chi connectivity index (χ0n) is 12.7. The highest BCUT2D eigenvalue weighted by atomic mass is 16.3. The van der Waals surface area contributed by atoms with Gasteiger partial charge in [0, 0.05) is 25.3 Å². The van der Waals surface area contributed by atoms with E-state index in [9.17, 15) is 9.90 Å². The number of hydrogen-bond donors (Lipinski definition) is 1. The second kappa shape index (κ2) is 7.01. The number of aromatic nitrogens is 1. The first kappa shape index (κ1) is 15.2. The van der Waals surface area contributed by atoms with E-state index < -0.39 is 0 Å².